The van der Waals surface area contributed by atoms with Crippen molar-refractivity contribution in [2.24, 2.45) is 35.5 Å². The first-order chi connectivity index (χ1) is 12.9. The second-order valence-electron chi connectivity index (χ2n) is 7.32. The molecule has 0 saturated heterocycles. The minimum Gasteiger partial charge on any atom is -0.497 e. The smallest absolute Gasteiger partial charge is 0.309 e. The van der Waals surface area contributed by atoms with Crippen LogP contribution >= 0.6 is 0 Å². The Kier molecular flexibility index (Phi) is 5.39. The van der Waals surface area contributed by atoms with Crippen molar-refractivity contribution in [1.29, 1.82) is 0 Å². The van der Waals surface area contributed by atoms with Gasteiger partial charge in [0.15, 0.2) is 0 Å². The third-order valence-electron chi connectivity index (χ3n) is 6.13. The molecule has 7 nitrogen and oxygen atoms in total. The van der Waals surface area contributed by atoms with Gasteiger partial charge in [-0.15, -0.1) is 0 Å². The van der Waals surface area contributed by atoms with E-state index in [1.807, 2.05) is 19.1 Å². The van der Waals surface area contributed by atoms with Crippen LogP contribution in [0, 0.1) is 35.5 Å². The van der Waals surface area contributed by atoms with Gasteiger partial charge in [0.25, 0.3) is 0 Å². The number of rotatable bonds is 6. The Hall–Kier alpha value is -2.57. The molecule has 0 radical (unpaired) electrons. The largest absolute Gasteiger partial charge is 0.497 e. The fourth-order valence-electron chi connectivity index (χ4n) is 4.86. The lowest BCUT2D eigenvalue weighted by molar-refractivity contribution is -0.167. The van der Waals surface area contributed by atoms with Gasteiger partial charge < -0.3 is 19.3 Å². The molecule has 0 aliphatic heterocycles. The topological polar surface area (TPSA) is 99.1 Å². The number of aliphatic carboxylic acids is 1. The molecule has 7 heteroatoms. The maximum Gasteiger partial charge on any atom is 0.309 e. The van der Waals surface area contributed by atoms with Crippen molar-refractivity contribution >= 4 is 17.9 Å². The van der Waals surface area contributed by atoms with E-state index in [0.717, 1.165) is 5.56 Å². The molecule has 27 heavy (non-hydrogen) atoms. The number of benzene rings is 1. The van der Waals surface area contributed by atoms with E-state index in [-0.39, 0.29) is 30.3 Å². The molecule has 6 atom stereocenters. The molecule has 2 unspecified atom stereocenters. The summed E-state index contributed by atoms with van der Waals surface area (Å²) in [5, 5.41) is 9.55. The van der Waals surface area contributed by atoms with Gasteiger partial charge in [0.1, 0.15) is 12.4 Å². The highest BCUT2D eigenvalue weighted by atomic mass is 16.5. The van der Waals surface area contributed by atoms with Crippen LogP contribution in [0.1, 0.15) is 18.9 Å². The van der Waals surface area contributed by atoms with E-state index < -0.39 is 29.7 Å². The average molecular weight is 376 g/mol. The van der Waals surface area contributed by atoms with Gasteiger partial charge in [0, 0.05) is 0 Å². The lowest BCUT2D eigenvalue weighted by Crippen LogP contribution is -2.44. The number of esters is 2. The fourth-order valence-corrected chi connectivity index (χ4v) is 4.86. The average Bonchev–Trinajstić information content (AvgIpc) is 3.21. The van der Waals surface area contributed by atoms with Gasteiger partial charge in [0.05, 0.1) is 32.0 Å². The van der Waals surface area contributed by atoms with Crippen LogP contribution < -0.4 is 4.74 Å². The summed E-state index contributed by atoms with van der Waals surface area (Å²) in [7, 11) is 2.82. The molecule has 0 aromatic heterocycles. The first-order valence-electron chi connectivity index (χ1n) is 8.99. The van der Waals surface area contributed by atoms with Crippen LogP contribution in [0.2, 0.25) is 0 Å². The summed E-state index contributed by atoms with van der Waals surface area (Å²) in [5.74, 6) is -4.07. The number of methoxy groups -OCH3 is 2. The molecule has 1 N–H and O–H groups in total. The molecule has 0 spiro atoms. The number of fused-ring (bicyclic) bond motifs is 2. The Bertz CT molecular complexity index is 726. The first-order valence-corrected chi connectivity index (χ1v) is 8.99. The van der Waals surface area contributed by atoms with Crippen LogP contribution in [0.3, 0.4) is 0 Å². The summed E-state index contributed by atoms with van der Waals surface area (Å²) in [4.78, 5) is 36.6. The van der Waals surface area contributed by atoms with E-state index in [9.17, 15) is 19.5 Å². The normalized spacial score (nSPS) is 31.4. The Labute approximate surface area is 157 Å². The fraction of sp³-hybridized carbons (Fsp3) is 0.550. The number of carboxylic acids is 1. The van der Waals surface area contributed by atoms with Crippen molar-refractivity contribution in [1.82, 2.24) is 0 Å². The van der Waals surface area contributed by atoms with E-state index in [1.165, 1.54) is 7.11 Å². The predicted molar refractivity (Wildman–Crippen MR) is 93.7 cm³/mol. The second kappa shape index (κ2) is 7.58. The molecule has 2 fully saturated rings. The highest BCUT2D eigenvalue weighted by Crippen LogP contribution is 2.59. The summed E-state index contributed by atoms with van der Waals surface area (Å²) >= 11 is 0. The highest BCUT2D eigenvalue weighted by Gasteiger charge is 2.63. The zero-order chi connectivity index (χ0) is 19.7. The zero-order valence-electron chi connectivity index (χ0n) is 15.6. The molecule has 3 rings (SSSR count). The van der Waals surface area contributed by atoms with Crippen molar-refractivity contribution in [2.75, 3.05) is 14.2 Å². The van der Waals surface area contributed by atoms with E-state index in [1.54, 1.807) is 19.2 Å². The number of hydrogen-bond donors (Lipinski definition) is 1. The van der Waals surface area contributed by atoms with E-state index in [2.05, 4.69) is 0 Å². The molecular weight excluding hydrogens is 352 g/mol. The van der Waals surface area contributed by atoms with Crippen LogP contribution in [0.5, 0.6) is 5.75 Å². The van der Waals surface area contributed by atoms with Gasteiger partial charge in [-0.3, -0.25) is 14.4 Å². The molecule has 2 aliphatic rings. The molecule has 146 valence electrons. The molecule has 2 bridgehead atoms. The predicted octanol–water partition coefficient (Wildman–Crippen LogP) is 2.13. The number of hydrogen-bond acceptors (Lipinski definition) is 6. The molecule has 0 amide bonds. The Balaban J connectivity index is 1.71. The first kappa shape index (κ1) is 19.2. The lowest BCUT2D eigenvalue weighted by Gasteiger charge is -2.35. The number of carbonyl (C=O) groups is 3. The summed E-state index contributed by atoms with van der Waals surface area (Å²) in [5.41, 5.74) is 0.827. The standard InChI is InChI=1S/C20H24O7/c1-10-13-8-14(17(19(23)26-3)16(13)18(21)22)15(10)20(24)27-9-11-4-6-12(25-2)7-5-11/h4-7,10,13-17H,8-9H2,1-3H3,(H,21,22)/t10-,13?,14?,15+,16-,17+/m1/s1. The number of carbonyl (C=O) groups excluding carboxylic acids is 2. The van der Waals surface area contributed by atoms with Gasteiger partial charge >= 0.3 is 17.9 Å². The second-order valence-corrected chi connectivity index (χ2v) is 7.32. The number of carboxylic acid groups (broad SMARTS) is 1. The van der Waals surface area contributed by atoms with Crippen LogP contribution in [-0.4, -0.2) is 37.2 Å². The zero-order valence-corrected chi connectivity index (χ0v) is 15.6. The van der Waals surface area contributed by atoms with E-state index in [0.29, 0.717) is 12.2 Å². The Morgan fingerprint density at radius 2 is 1.67 bits per heavy atom. The summed E-state index contributed by atoms with van der Waals surface area (Å²) in [6.45, 7) is 1.99. The monoisotopic (exact) mass is 376 g/mol. The minimum absolute atomic E-state index is 0.120. The van der Waals surface area contributed by atoms with Crippen LogP contribution in [-0.2, 0) is 30.5 Å². The number of ether oxygens (including phenoxy) is 3. The van der Waals surface area contributed by atoms with Crippen molar-refractivity contribution < 1.29 is 33.7 Å². The summed E-state index contributed by atoms with van der Waals surface area (Å²) < 4.78 is 15.4. The van der Waals surface area contributed by atoms with Crippen LogP contribution in [0.25, 0.3) is 0 Å². The van der Waals surface area contributed by atoms with Gasteiger partial charge in [-0.05, 0) is 41.9 Å². The molecule has 2 aliphatic carbocycles. The molecule has 2 saturated carbocycles. The molecule has 0 heterocycles. The van der Waals surface area contributed by atoms with Crippen LogP contribution in [0.15, 0.2) is 24.3 Å². The van der Waals surface area contributed by atoms with Gasteiger partial charge in [-0.2, -0.15) is 0 Å². The van der Waals surface area contributed by atoms with Gasteiger partial charge in [-0.1, -0.05) is 19.1 Å². The van der Waals surface area contributed by atoms with Crippen LogP contribution in [0.4, 0.5) is 0 Å². The lowest BCUT2D eigenvalue weighted by atomic mass is 9.68. The molecule has 1 aromatic carbocycles. The SMILES string of the molecule is COC(=O)[C@H]1C2CC([C@@H](C)[C@@H]2C(=O)OCc2ccc(OC)cc2)[C@H]1C(=O)O. The van der Waals surface area contributed by atoms with Crippen molar-refractivity contribution in [3.63, 3.8) is 0 Å². The maximum absolute atomic E-state index is 12.7. The molecular formula is C20H24O7. The summed E-state index contributed by atoms with van der Waals surface area (Å²) in [6, 6.07) is 7.20. The van der Waals surface area contributed by atoms with E-state index >= 15 is 0 Å². The highest BCUT2D eigenvalue weighted by molar-refractivity contribution is 5.85. The summed E-state index contributed by atoms with van der Waals surface area (Å²) in [6.07, 6.45) is 0.528. The molecule has 1 aromatic rings. The Morgan fingerprint density at radius 1 is 1.00 bits per heavy atom. The minimum atomic E-state index is -1.00. The van der Waals surface area contributed by atoms with E-state index in [4.69, 9.17) is 14.2 Å². The maximum atomic E-state index is 12.7. The van der Waals surface area contributed by atoms with Crippen molar-refractivity contribution in [3.05, 3.63) is 29.8 Å². The third-order valence-corrected chi connectivity index (χ3v) is 6.13. The van der Waals surface area contributed by atoms with Gasteiger partial charge in [-0.25, -0.2) is 0 Å². The van der Waals surface area contributed by atoms with Crippen molar-refractivity contribution in [2.45, 2.75) is 20.0 Å². The quantitative estimate of drug-likeness (QED) is 0.759. The third kappa shape index (κ3) is 3.38. The Morgan fingerprint density at radius 3 is 2.22 bits per heavy atom. The van der Waals surface area contributed by atoms with Crippen molar-refractivity contribution in [3.8, 4) is 5.75 Å². The van der Waals surface area contributed by atoms with Gasteiger partial charge in [0.2, 0.25) is 0 Å².